The molecule has 1 amide bonds. The Bertz CT molecular complexity index is 1040. The van der Waals surface area contributed by atoms with E-state index in [0.29, 0.717) is 17.9 Å². The van der Waals surface area contributed by atoms with E-state index in [1.54, 1.807) is 30.7 Å². The number of H-pyrrole nitrogens is 1. The van der Waals surface area contributed by atoms with E-state index >= 15 is 0 Å². The van der Waals surface area contributed by atoms with Crippen molar-refractivity contribution in [2.75, 3.05) is 11.9 Å². The number of pyridine rings is 1. The van der Waals surface area contributed by atoms with Gasteiger partial charge in [0.2, 0.25) is 0 Å². The number of carbonyl (C=O) groups excluding carboxylic acids is 1. The van der Waals surface area contributed by atoms with Gasteiger partial charge in [0.25, 0.3) is 5.91 Å². The van der Waals surface area contributed by atoms with E-state index in [1.165, 1.54) is 10.9 Å². The fraction of sp³-hybridized carbons (Fsp3) is 0.143. The number of furan rings is 1. The van der Waals surface area contributed by atoms with E-state index in [4.69, 9.17) is 4.42 Å². The molecule has 0 aliphatic carbocycles. The minimum Gasteiger partial charge on any atom is -0.467 e. The average molecular weight is 360 g/mol. The highest BCUT2D eigenvalue weighted by atomic mass is 16.3. The summed E-state index contributed by atoms with van der Waals surface area (Å²) in [6.07, 6.45) is 6.12. The van der Waals surface area contributed by atoms with Crippen LogP contribution in [0.25, 0.3) is 10.9 Å². The Morgan fingerprint density at radius 1 is 1.15 bits per heavy atom. The smallest absolute Gasteiger partial charge is 0.251 e. The normalized spacial score (nSPS) is 10.8. The third-order valence-electron chi connectivity index (χ3n) is 4.40. The lowest BCUT2D eigenvalue weighted by molar-refractivity contribution is 0.0948. The molecular weight excluding hydrogens is 340 g/mol. The zero-order valence-electron chi connectivity index (χ0n) is 14.7. The number of nitrogens with one attached hydrogen (secondary N) is 3. The van der Waals surface area contributed by atoms with Gasteiger partial charge in [-0.2, -0.15) is 0 Å². The van der Waals surface area contributed by atoms with Crippen LogP contribution in [0.1, 0.15) is 21.7 Å². The lowest BCUT2D eigenvalue weighted by Gasteiger charge is -2.08. The van der Waals surface area contributed by atoms with Gasteiger partial charge < -0.3 is 20.0 Å². The predicted molar refractivity (Wildman–Crippen MR) is 105 cm³/mol. The van der Waals surface area contributed by atoms with Gasteiger partial charge in [0.15, 0.2) is 0 Å². The number of benzene rings is 1. The Hall–Kier alpha value is -3.54. The fourth-order valence-electron chi connectivity index (χ4n) is 3.01. The Balaban J connectivity index is 1.34. The van der Waals surface area contributed by atoms with Crippen molar-refractivity contribution in [3.05, 3.63) is 84.1 Å². The molecule has 0 unspecified atom stereocenters. The van der Waals surface area contributed by atoms with Crippen molar-refractivity contribution in [2.24, 2.45) is 0 Å². The van der Waals surface area contributed by atoms with Gasteiger partial charge in [-0.05, 0) is 42.3 Å². The van der Waals surface area contributed by atoms with E-state index in [2.05, 4.69) is 32.7 Å². The first-order valence-corrected chi connectivity index (χ1v) is 8.85. The molecule has 3 aromatic heterocycles. The summed E-state index contributed by atoms with van der Waals surface area (Å²) >= 11 is 0. The van der Waals surface area contributed by atoms with Crippen LogP contribution >= 0.6 is 0 Å². The number of carbonyl (C=O) groups is 1. The zero-order chi connectivity index (χ0) is 18.5. The van der Waals surface area contributed by atoms with Crippen molar-refractivity contribution in [2.45, 2.75) is 13.0 Å². The molecule has 0 atom stereocenters. The molecular formula is C21H20N4O2. The van der Waals surface area contributed by atoms with Crippen LogP contribution in [0.2, 0.25) is 0 Å². The molecule has 27 heavy (non-hydrogen) atoms. The Kier molecular flexibility index (Phi) is 4.87. The summed E-state index contributed by atoms with van der Waals surface area (Å²) < 4.78 is 5.22. The van der Waals surface area contributed by atoms with E-state index in [-0.39, 0.29) is 5.91 Å². The quantitative estimate of drug-likeness (QED) is 0.469. The number of para-hydroxylation sites is 1. The van der Waals surface area contributed by atoms with E-state index in [0.717, 1.165) is 24.2 Å². The molecule has 0 spiro atoms. The number of hydrogen-bond acceptors (Lipinski definition) is 4. The second-order valence-electron chi connectivity index (χ2n) is 6.23. The van der Waals surface area contributed by atoms with Crippen molar-refractivity contribution in [1.82, 2.24) is 15.3 Å². The van der Waals surface area contributed by atoms with E-state index in [9.17, 15) is 4.79 Å². The summed E-state index contributed by atoms with van der Waals surface area (Å²) in [5.41, 5.74) is 2.96. The van der Waals surface area contributed by atoms with Gasteiger partial charge in [-0.3, -0.25) is 4.79 Å². The first kappa shape index (κ1) is 16.9. The summed E-state index contributed by atoms with van der Waals surface area (Å²) in [6, 6.07) is 15.3. The predicted octanol–water partition coefficient (Wildman–Crippen LogP) is 3.74. The summed E-state index contributed by atoms with van der Waals surface area (Å²) in [5.74, 6) is 1.24. The van der Waals surface area contributed by atoms with Crippen LogP contribution in [-0.2, 0) is 13.0 Å². The fourth-order valence-corrected chi connectivity index (χ4v) is 3.01. The molecule has 0 saturated carbocycles. The maximum absolute atomic E-state index is 12.3. The molecule has 136 valence electrons. The molecule has 4 aromatic rings. The van der Waals surface area contributed by atoms with Crippen LogP contribution in [0.4, 0.5) is 5.82 Å². The highest BCUT2D eigenvalue weighted by molar-refractivity contribution is 5.94. The third kappa shape index (κ3) is 4.00. The molecule has 0 radical (unpaired) electrons. The van der Waals surface area contributed by atoms with Crippen molar-refractivity contribution >= 4 is 22.6 Å². The molecule has 6 nitrogen and oxygen atoms in total. The minimum atomic E-state index is -0.159. The number of amides is 1. The molecule has 0 saturated heterocycles. The van der Waals surface area contributed by atoms with Gasteiger partial charge in [-0.25, -0.2) is 4.98 Å². The maximum Gasteiger partial charge on any atom is 0.251 e. The lowest BCUT2D eigenvalue weighted by Crippen LogP contribution is -2.22. The summed E-state index contributed by atoms with van der Waals surface area (Å²) in [5, 5.41) is 7.36. The highest BCUT2D eigenvalue weighted by Crippen LogP contribution is 2.18. The second-order valence-corrected chi connectivity index (χ2v) is 6.23. The summed E-state index contributed by atoms with van der Waals surface area (Å²) in [7, 11) is 0. The van der Waals surface area contributed by atoms with E-state index in [1.807, 2.05) is 24.4 Å². The van der Waals surface area contributed by atoms with Gasteiger partial charge in [0, 0.05) is 35.4 Å². The van der Waals surface area contributed by atoms with Crippen LogP contribution in [0.3, 0.4) is 0 Å². The number of aromatic amines is 1. The molecule has 0 bridgehead atoms. The van der Waals surface area contributed by atoms with Crippen LogP contribution in [0, 0.1) is 0 Å². The topological polar surface area (TPSA) is 82.9 Å². The summed E-state index contributed by atoms with van der Waals surface area (Å²) in [4.78, 5) is 19.9. The minimum absolute atomic E-state index is 0.159. The molecule has 1 aromatic carbocycles. The zero-order valence-corrected chi connectivity index (χ0v) is 14.7. The SMILES string of the molecule is O=C(NCc1ccco1)c1ccnc(NCCc2c[nH]c3ccccc23)c1. The van der Waals surface area contributed by atoms with Crippen molar-refractivity contribution in [3.8, 4) is 0 Å². The van der Waals surface area contributed by atoms with Gasteiger partial charge in [0.05, 0.1) is 12.8 Å². The average Bonchev–Trinajstić information content (AvgIpc) is 3.37. The third-order valence-corrected chi connectivity index (χ3v) is 4.40. The van der Waals surface area contributed by atoms with Crippen molar-refractivity contribution in [1.29, 1.82) is 0 Å². The number of rotatable bonds is 7. The van der Waals surface area contributed by atoms with E-state index < -0.39 is 0 Å². The Morgan fingerprint density at radius 3 is 2.96 bits per heavy atom. The number of hydrogen-bond donors (Lipinski definition) is 3. The molecule has 3 heterocycles. The summed E-state index contributed by atoms with van der Waals surface area (Å²) in [6.45, 7) is 1.09. The highest BCUT2D eigenvalue weighted by Gasteiger charge is 2.08. The van der Waals surface area contributed by atoms with Crippen molar-refractivity contribution < 1.29 is 9.21 Å². The second kappa shape index (κ2) is 7.78. The standard InChI is InChI=1S/C21H20N4O2/c26-21(25-14-17-4-3-11-27-17)15-7-9-22-20(12-15)23-10-8-16-13-24-19-6-2-1-5-18(16)19/h1-7,9,11-13,24H,8,10,14H2,(H,22,23)(H,25,26). The molecule has 0 aliphatic heterocycles. The van der Waals surface area contributed by atoms with Gasteiger partial charge in [-0.1, -0.05) is 18.2 Å². The van der Waals surface area contributed by atoms with Crippen molar-refractivity contribution in [3.63, 3.8) is 0 Å². The Morgan fingerprint density at radius 2 is 2.07 bits per heavy atom. The van der Waals surface area contributed by atoms with Crippen LogP contribution in [0.5, 0.6) is 0 Å². The number of nitrogens with zero attached hydrogens (tertiary/aromatic N) is 1. The van der Waals surface area contributed by atoms with Crippen LogP contribution in [-0.4, -0.2) is 22.4 Å². The first-order chi connectivity index (χ1) is 13.3. The van der Waals surface area contributed by atoms with Gasteiger partial charge in [0.1, 0.15) is 11.6 Å². The molecule has 0 aliphatic rings. The molecule has 6 heteroatoms. The number of fused-ring (bicyclic) bond motifs is 1. The van der Waals surface area contributed by atoms with Gasteiger partial charge in [-0.15, -0.1) is 0 Å². The number of aromatic nitrogens is 2. The molecule has 3 N–H and O–H groups in total. The molecule has 4 rings (SSSR count). The maximum atomic E-state index is 12.3. The monoisotopic (exact) mass is 360 g/mol. The molecule has 0 fully saturated rings. The largest absolute Gasteiger partial charge is 0.467 e. The van der Waals surface area contributed by atoms with Gasteiger partial charge >= 0.3 is 0 Å². The lowest BCUT2D eigenvalue weighted by atomic mass is 10.1. The first-order valence-electron chi connectivity index (χ1n) is 8.85. The Labute approximate surface area is 156 Å². The van der Waals surface area contributed by atoms with Crippen LogP contribution in [0.15, 0.2) is 71.6 Å². The number of anilines is 1. The van der Waals surface area contributed by atoms with Crippen LogP contribution < -0.4 is 10.6 Å².